The molecule has 1 atom stereocenters. The Morgan fingerprint density at radius 3 is 2.86 bits per heavy atom. The SMILES string of the molecule is O=C(CCc1ccco1)N1CCCC(CC2CC2)(C(=O)O)C1. The quantitative estimate of drug-likeness (QED) is 0.877. The second kappa shape index (κ2) is 6.15. The summed E-state index contributed by atoms with van der Waals surface area (Å²) in [7, 11) is 0. The summed E-state index contributed by atoms with van der Waals surface area (Å²) in [5.41, 5.74) is -0.722. The van der Waals surface area contributed by atoms with Crippen molar-refractivity contribution in [1.29, 1.82) is 0 Å². The monoisotopic (exact) mass is 305 g/mol. The number of carboxylic acids is 1. The Balaban J connectivity index is 1.60. The number of amides is 1. The highest BCUT2D eigenvalue weighted by molar-refractivity contribution is 5.80. The van der Waals surface area contributed by atoms with E-state index in [0.29, 0.717) is 38.3 Å². The molecule has 3 rings (SSSR count). The zero-order chi connectivity index (χ0) is 15.6. The molecule has 5 heteroatoms. The van der Waals surface area contributed by atoms with Gasteiger partial charge in [0.1, 0.15) is 5.76 Å². The Kier molecular flexibility index (Phi) is 4.23. The van der Waals surface area contributed by atoms with E-state index < -0.39 is 11.4 Å². The molecule has 22 heavy (non-hydrogen) atoms. The van der Waals surface area contributed by atoms with E-state index in [-0.39, 0.29) is 5.91 Å². The third-order valence-corrected chi connectivity index (χ3v) is 4.92. The van der Waals surface area contributed by atoms with E-state index in [4.69, 9.17) is 4.42 Å². The van der Waals surface area contributed by atoms with E-state index in [1.54, 1.807) is 11.2 Å². The number of carbonyl (C=O) groups is 2. The van der Waals surface area contributed by atoms with Gasteiger partial charge in [0.2, 0.25) is 5.91 Å². The molecular formula is C17H23NO4. The molecule has 120 valence electrons. The highest BCUT2D eigenvalue weighted by Crippen LogP contribution is 2.45. The fraction of sp³-hybridized carbons (Fsp3) is 0.647. The van der Waals surface area contributed by atoms with Gasteiger partial charge in [-0.3, -0.25) is 9.59 Å². The van der Waals surface area contributed by atoms with Gasteiger partial charge < -0.3 is 14.4 Å². The van der Waals surface area contributed by atoms with Gasteiger partial charge in [0.25, 0.3) is 0 Å². The average Bonchev–Trinajstić information content (AvgIpc) is 3.16. The molecule has 1 aliphatic carbocycles. The average molecular weight is 305 g/mol. The Morgan fingerprint density at radius 2 is 2.23 bits per heavy atom. The number of hydrogen-bond acceptors (Lipinski definition) is 3. The van der Waals surface area contributed by atoms with Gasteiger partial charge in [-0.2, -0.15) is 0 Å². The summed E-state index contributed by atoms with van der Waals surface area (Å²) in [6.45, 7) is 1.05. The van der Waals surface area contributed by atoms with Crippen molar-refractivity contribution in [1.82, 2.24) is 4.90 Å². The van der Waals surface area contributed by atoms with Gasteiger partial charge in [-0.25, -0.2) is 0 Å². The van der Waals surface area contributed by atoms with Crippen LogP contribution in [0.5, 0.6) is 0 Å². The maximum atomic E-state index is 12.4. The van der Waals surface area contributed by atoms with Gasteiger partial charge in [-0.1, -0.05) is 12.8 Å². The first-order valence-corrected chi connectivity index (χ1v) is 8.13. The molecule has 0 spiro atoms. The van der Waals surface area contributed by atoms with Crippen LogP contribution in [-0.2, 0) is 16.0 Å². The summed E-state index contributed by atoms with van der Waals surface area (Å²) in [4.78, 5) is 25.9. The lowest BCUT2D eigenvalue weighted by Gasteiger charge is -2.40. The smallest absolute Gasteiger partial charge is 0.311 e. The third kappa shape index (κ3) is 3.34. The minimum Gasteiger partial charge on any atom is -0.481 e. The van der Waals surface area contributed by atoms with E-state index in [1.807, 2.05) is 12.1 Å². The lowest BCUT2D eigenvalue weighted by atomic mass is 9.75. The van der Waals surface area contributed by atoms with Crippen LogP contribution < -0.4 is 0 Å². The minimum atomic E-state index is -0.733. The Hall–Kier alpha value is -1.78. The molecule has 0 bridgehead atoms. The van der Waals surface area contributed by atoms with Crippen LogP contribution in [0.1, 0.15) is 44.3 Å². The zero-order valence-electron chi connectivity index (χ0n) is 12.8. The Bertz CT molecular complexity index is 535. The normalized spacial score (nSPS) is 25.2. The highest BCUT2D eigenvalue weighted by atomic mass is 16.4. The third-order valence-electron chi connectivity index (χ3n) is 4.92. The summed E-state index contributed by atoms with van der Waals surface area (Å²) in [6.07, 6.45) is 7.04. The Morgan fingerprint density at radius 1 is 1.41 bits per heavy atom. The van der Waals surface area contributed by atoms with Crippen molar-refractivity contribution in [3.63, 3.8) is 0 Å². The number of aliphatic carboxylic acids is 1. The second-order valence-corrected chi connectivity index (χ2v) is 6.73. The van der Waals surface area contributed by atoms with Crippen LogP contribution in [0.3, 0.4) is 0 Å². The predicted octanol–water partition coefficient (Wildman–Crippen LogP) is 2.71. The van der Waals surface area contributed by atoms with Crippen LogP contribution in [0.25, 0.3) is 0 Å². The molecule has 1 unspecified atom stereocenters. The van der Waals surface area contributed by atoms with Gasteiger partial charge in [0, 0.05) is 25.9 Å². The number of piperidine rings is 1. The van der Waals surface area contributed by atoms with Crippen LogP contribution in [0.4, 0.5) is 0 Å². The van der Waals surface area contributed by atoms with E-state index in [9.17, 15) is 14.7 Å². The van der Waals surface area contributed by atoms with Gasteiger partial charge in [-0.05, 0) is 37.3 Å². The molecule has 1 saturated heterocycles. The topological polar surface area (TPSA) is 70.8 Å². The van der Waals surface area contributed by atoms with Crippen LogP contribution in [0, 0.1) is 11.3 Å². The predicted molar refractivity (Wildman–Crippen MR) is 80.3 cm³/mol. The van der Waals surface area contributed by atoms with Gasteiger partial charge >= 0.3 is 5.97 Å². The summed E-state index contributed by atoms with van der Waals surface area (Å²) >= 11 is 0. The highest BCUT2D eigenvalue weighted by Gasteiger charge is 2.46. The number of furan rings is 1. The number of hydrogen-bond donors (Lipinski definition) is 1. The maximum Gasteiger partial charge on any atom is 0.311 e. The van der Waals surface area contributed by atoms with Gasteiger partial charge in [0.05, 0.1) is 11.7 Å². The van der Waals surface area contributed by atoms with E-state index >= 15 is 0 Å². The minimum absolute atomic E-state index is 0.0394. The number of likely N-dealkylation sites (tertiary alicyclic amines) is 1. The van der Waals surface area contributed by atoms with Crippen molar-refractivity contribution in [2.75, 3.05) is 13.1 Å². The van der Waals surface area contributed by atoms with Crippen molar-refractivity contribution >= 4 is 11.9 Å². The number of rotatable bonds is 6. The number of aryl methyl sites for hydroxylation is 1. The van der Waals surface area contributed by atoms with Crippen molar-refractivity contribution in [3.8, 4) is 0 Å². The first-order chi connectivity index (χ1) is 10.6. The van der Waals surface area contributed by atoms with E-state index in [1.165, 1.54) is 0 Å². The molecule has 0 radical (unpaired) electrons. The number of carbonyl (C=O) groups excluding carboxylic acids is 1. The molecular weight excluding hydrogens is 282 g/mol. The molecule has 2 fully saturated rings. The van der Waals surface area contributed by atoms with Crippen molar-refractivity contribution < 1.29 is 19.1 Å². The molecule has 2 heterocycles. The molecule has 0 aromatic carbocycles. The van der Waals surface area contributed by atoms with E-state index in [2.05, 4.69) is 0 Å². The number of carboxylic acid groups (broad SMARTS) is 1. The molecule has 1 aromatic rings. The van der Waals surface area contributed by atoms with Crippen molar-refractivity contribution in [3.05, 3.63) is 24.2 Å². The molecule has 1 saturated carbocycles. The largest absolute Gasteiger partial charge is 0.481 e. The molecule has 1 N–H and O–H groups in total. The standard InChI is InChI=1S/C17H23NO4/c19-15(7-6-14-3-1-10-22-14)18-9-2-8-17(12-18,16(20)21)11-13-4-5-13/h1,3,10,13H,2,4-9,11-12H2,(H,20,21). The second-order valence-electron chi connectivity index (χ2n) is 6.73. The summed E-state index contributed by atoms with van der Waals surface area (Å²) in [5.74, 6) is 0.655. The van der Waals surface area contributed by atoms with E-state index in [0.717, 1.165) is 31.4 Å². The first-order valence-electron chi connectivity index (χ1n) is 8.13. The fourth-order valence-corrected chi connectivity index (χ4v) is 3.49. The lowest BCUT2D eigenvalue weighted by Crippen LogP contribution is -2.50. The maximum absolute atomic E-state index is 12.4. The van der Waals surface area contributed by atoms with Crippen LogP contribution >= 0.6 is 0 Å². The van der Waals surface area contributed by atoms with Gasteiger partial charge in [-0.15, -0.1) is 0 Å². The summed E-state index contributed by atoms with van der Waals surface area (Å²) < 4.78 is 5.25. The molecule has 1 aromatic heterocycles. The first kappa shape index (κ1) is 15.1. The molecule has 1 aliphatic heterocycles. The fourth-order valence-electron chi connectivity index (χ4n) is 3.49. The van der Waals surface area contributed by atoms with Crippen molar-refractivity contribution in [2.24, 2.45) is 11.3 Å². The summed E-state index contributed by atoms with van der Waals surface area (Å²) in [6, 6.07) is 3.67. The molecule has 5 nitrogen and oxygen atoms in total. The lowest BCUT2D eigenvalue weighted by molar-refractivity contribution is -0.156. The van der Waals surface area contributed by atoms with Crippen LogP contribution in [0.2, 0.25) is 0 Å². The van der Waals surface area contributed by atoms with Crippen molar-refractivity contribution in [2.45, 2.75) is 44.9 Å². The molecule has 2 aliphatic rings. The molecule has 1 amide bonds. The van der Waals surface area contributed by atoms with Crippen LogP contribution in [0.15, 0.2) is 22.8 Å². The summed E-state index contributed by atoms with van der Waals surface area (Å²) in [5, 5.41) is 9.69. The zero-order valence-corrected chi connectivity index (χ0v) is 12.8. The number of nitrogens with zero attached hydrogens (tertiary/aromatic N) is 1. The van der Waals surface area contributed by atoms with Crippen LogP contribution in [-0.4, -0.2) is 35.0 Å². The van der Waals surface area contributed by atoms with Gasteiger partial charge in [0.15, 0.2) is 0 Å². The Labute approximate surface area is 130 Å².